The van der Waals surface area contributed by atoms with Crippen molar-refractivity contribution in [1.82, 2.24) is 0 Å². The number of rotatable bonds is 4. The summed E-state index contributed by atoms with van der Waals surface area (Å²) in [5.41, 5.74) is 3.32. The Balaban J connectivity index is 2.27. The fourth-order valence-electron chi connectivity index (χ4n) is 2.93. The van der Waals surface area contributed by atoms with E-state index < -0.39 is 8.07 Å². The highest BCUT2D eigenvalue weighted by Crippen LogP contribution is 2.57. The normalized spacial score (nSPS) is 25.5. The Morgan fingerprint density at radius 2 is 1.68 bits per heavy atom. The van der Waals surface area contributed by atoms with E-state index >= 15 is 0 Å². The van der Waals surface area contributed by atoms with Crippen molar-refractivity contribution >= 4 is 25.5 Å². The molecule has 3 heteroatoms. The summed E-state index contributed by atoms with van der Waals surface area (Å²) >= 11 is 5.99. The highest BCUT2D eigenvalue weighted by atomic mass is 35.5. The van der Waals surface area contributed by atoms with Gasteiger partial charge < -0.3 is 0 Å². The first kappa shape index (κ1) is 17.5. The number of carbonyl (C=O) groups excluding carboxylic acids is 1. The van der Waals surface area contributed by atoms with Gasteiger partial charge in [-0.3, -0.25) is 4.79 Å². The van der Waals surface area contributed by atoms with Gasteiger partial charge >= 0.3 is 0 Å². The van der Waals surface area contributed by atoms with Gasteiger partial charge in [0.15, 0.2) is 0 Å². The minimum Gasteiger partial charge on any atom is -0.299 e. The zero-order chi connectivity index (χ0) is 16.7. The smallest absolute Gasteiger partial charge is 0.142 e. The van der Waals surface area contributed by atoms with E-state index in [2.05, 4.69) is 43.5 Å². The first-order valence-electron chi connectivity index (χ1n) is 8.00. The van der Waals surface area contributed by atoms with Gasteiger partial charge in [-0.1, -0.05) is 75.9 Å². The second-order valence-electron chi connectivity index (χ2n) is 8.52. The molecular formula is C19H27ClOSi. The van der Waals surface area contributed by atoms with Crippen LogP contribution in [0.15, 0.2) is 36.0 Å². The maximum atomic E-state index is 12.8. The van der Waals surface area contributed by atoms with Gasteiger partial charge in [-0.25, -0.2) is 0 Å². The van der Waals surface area contributed by atoms with Crippen molar-refractivity contribution in [1.29, 1.82) is 0 Å². The van der Waals surface area contributed by atoms with Crippen molar-refractivity contribution in [3.63, 3.8) is 0 Å². The zero-order valence-electron chi connectivity index (χ0n) is 14.5. The predicted molar refractivity (Wildman–Crippen MR) is 98.1 cm³/mol. The van der Waals surface area contributed by atoms with Gasteiger partial charge in [0.25, 0.3) is 0 Å². The van der Waals surface area contributed by atoms with Gasteiger partial charge in [0.1, 0.15) is 5.78 Å². The van der Waals surface area contributed by atoms with E-state index in [9.17, 15) is 4.79 Å². The van der Waals surface area contributed by atoms with Crippen LogP contribution in [0.4, 0.5) is 0 Å². The molecule has 0 spiro atoms. The van der Waals surface area contributed by atoms with E-state index in [4.69, 9.17) is 11.6 Å². The van der Waals surface area contributed by atoms with Crippen LogP contribution in [0.1, 0.15) is 32.3 Å². The third-order valence-electron chi connectivity index (χ3n) is 4.19. The van der Waals surface area contributed by atoms with E-state index in [1.54, 1.807) is 0 Å². The fourth-order valence-corrected chi connectivity index (χ4v) is 3.85. The molecule has 1 aliphatic carbocycles. The standard InChI is InChI=1S/C19H27ClOSi/c1-19(2,3)18(21)17-15(11-12-22(4,5)6)16(17)13-7-9-14(20)10-8-13/h7-12,15-17H,1-6H3/b12-11+/t15-,16-,17-/m0/s1. The minimum absolute atomic E-state index is 0.119. The second-order valence-corrected chi connectivity index (χ2v) is 14.0. The molecule has 0 saturated heterocycles. The summed E-state index contributed by atoms with van der Waals surface area (Å²) < 4.78 is 0. The van der Waals surface area contributed by atoms with Crippen LogP contribution in [-0.2, 0) is 4.79 Å². The summed E-state index contributed by atoms with van der Waals surface area (Å²) in [7, 11) is -1.24. The summed E-state index contributed by atoms with van der Waals surface area (Å²) in [5.74, 6) is 1.16. The van der Waals surface area contributed by atoms with Gasteiger partial charge in [-0.2, -0.15) is 0 Å². The zero-order valence-corrected chi connectivity index (χ0v) is 16.2. The lowest BCUT2D eigenvalue weighted by atomic mass is 9.86. The molecule has 0 amide bonds. The quantitative estimate of drug-likeness (QED) is 0.644. The highest BCUT2D eigenvalue weighted by Gasteiger charge is 2.55. The van der Waals surface area contributed by atoms with E-state index in [-0.39, 0.29) is 11.3 Å². The van der Waals surface area contributed by atoms with Crippen LogP contribution < -0.4 is 0 Å². The number of carbonyl (C=O) groups is 1. The van der Waals surface area contributed by atoms with Crippen LogP contribution in [0.25, 0.3) is 0 Å². The second kappa shape index (κ2) is 5.97. The molecule has 22 heavy (non-hydrogen) atoms. The molecule has 0 radical (unpaired) electrons. The van der Waals surface area contributed by atoms with Crippen LogP contribution in [0, 0.1) is 17.3 Å². The van der Waals surface area contributed by atoms with E-state index in [1.165, 1.54) is 5.56 Å². The van der Waals surface area contributed by atoms with Gasteiger partial charge in [-0.05, 0) is 23.6 Å². The molecule has 0 unspecified atom stereocenters. The molecule has 2 rings (SSSR count). The predicted octanol–water partition coefficient (Wildman–Crippen LogP) is 5.72. The maximum absolute atomic E-state index is 12.8. The van der Waals surface area contributed by atoms with Crippen molar-refractivity contribution in [3.05, 3.63) is 46.6 Å². The Bertz CT molecular complexity index is 575. The number of ketones is 1. The summed E-state index contributed by atoms with van der Waals surface area (Å²) in [5, 5.41) is 0.747. The highest BCUT2D eigenvalue weighted by molar-refractivity contribution is 6.80. The summed E-state index contributed by atoms with van der Waals surface area (Å²) in [6, 6.07) is 7.98. The van der Waals surface area contributed by atoms with E-state index in [0.717, 1.165) is 5.02 Å². The van der Waals surface area contributed by atoms with Crippen molar-refractivity contribution in [3.8, 4) is 0 Å². The number of allylic oxidation sites excluding steroid dienone is 1. The molecule has 1 fully saturated rings. The molecule has 1 nitrogen and oxygen atoms in total. The van der Waals surface area contributed by atoms with Gasteiger partial charge in [0.05, 0.1) is 8.07 Å². The molecule has 0 aromatic heterocycles. The third kappa shape index (κ3) is 4.11. The van der Waals surface area contributed by atoms with Crippen LogP contribution >= 0.6 is 11.6 Å². The van der Waals surface area contributed by atoms with Crippen molar-refractivity contribution < 1.29 is 4.79 Å². The lowest BCUT2D eigenvalue weighted by molar-refractivity contribution is -0.127. The average molecular weight is 335 g/mol. The number of hydrogen-bond acceptors (Lipinski definition) is 1. The molecular weight excluding hydrogens is 308 g/mol. The Hall–Kier alpha value is -0.863. The molecule has 1 aliphatic rings. The molecule has 0 N–H and O–H groups in total. The largest absolute Gasteiger partial charge is 0.299 e. The topological polar surface area (TPSA) is 17.1 Å². The molecule has 1 aromatic carbocycles. The molecule has 0 heterocycles. The third-order valence-corrected chi connectivity index (χ3v) is 5.64. The van der Waals surface area contributed by atoms with Crippen molar-refractivity contribution in [2.75, 3.05) is 0 Å². The first-order chi connectivity index (χ1) is 10.0. The van der Waals surface area contributed by atoms with Crippen LogP contribution in [0.5, 0.6) is 0 Å². The van der Waals surface area contributed by atoms with Gasteiger partial charge in [0, 0.05) is 22.3 Å². The Morgan fingerprint density at radius 1 is 1.14 bits per heavy atom. The monoisotopic (exact) mass is 334 g/mol. The summed E-state index contributed by atoms with van der Waals surface area (Å²) in [4.78, 5) is 12.8. The first-order valence-corrected chi connectivity index (χ1v) is 12.0. The summed E-state index contributed by atoms with van der Waals surface area (Å²) in [6.07, 6.45) is 2.31. The Kier molecular flexibility index (Phi) is 4.75. The molecule has 1 aromatic rings. The van der Waals surface area contributed by atoms with Crippen LogP contribution in [-0.4, -0.2) is 13.9 Å². The number of benzene rings is 1. The molecule has 120 valence electrons. The molecule has 3 atom stereocenters. The van der Waals surface area contributed by atoms with Crippen molar-refractivity contribution in [2.24, 2.45) is 17.3 Å². The summed E-state index contributed by atoms with van der Waals surface area (Å²) in [6.45, 7) is 13.0. The van der Waals surface area contributed by atoms with Crippen LogP contribution in [0.2, 0.25) is 24.7 Å². The van der Waals surface area contributed by atoms with E-state index in [0.29, 0.717) is 17.6 Å². The number of Topliss-reactive ketones (excluding diaryl/α,β-unsaturated/α-hetero) is 1. The van der Waals surface area contributed by atoms with Gasteiger partial charge in [0.2, 0.25) is 0 Å². The molecule has 0 bridgehead atoms. The SMILES string of the molecule is CC(C)(C)C(=O)[C@H]1[C@@H](/C=C/[Si](C)(C)C)[C@@H]1c1ccc(Cl)cc1. The Labute approximate surface area is 140 Å². The minimum atomic E-state index is -1.24. The number of halogens is 1. The Morgan fingerprint density at radius 3 is 2.14 bits per heavy atom. The molecule has 1 saturated carbocycles. The molecule has 0 aliphatic heterocycles. The number of hydrogen-bond donors (Lipinski definition) is 0. The maximum Gasteiger partial charge on any atom is 0.142 e. The fraction of sp³-hybridized carbons (Fsp3) is 0.526. The van der Waals surface area contributed by atoms with Crippen molar-refractivity contribution in [2.45, 2.75) is 46.3 Å². The lowest BCUT2D eigenvalue weighted by Gasteiger charge is -2.16. The van der Waals surface area contributed by atoms with Gasteiger partial charge in [-0.15, -0.1) is 0 Å². The van der Waals surface area contributed by atoms with Crippen LogP contribution in [0.3, 0.4) is 0 Å². The van der Waals surface area contributed by atoms with E-state index in [1.807, 2.05) is 32.9 Å². The lowest BCUT2D eigenvalue weighted by Crippen LogP contribution is -2.23. The average Bonchev–Trinajstić information content (AvgIpc) is 3.08.